The summed E-state index contributed by atoms with van der Waals surface area (Å²) in [5.74, 6) is 0.946. The molecule has 2 aromatic rings. The van der Waals surface area contributed by atoms with E-state index in [1.165, 1.54) is 0 Å². The number of nitrogens with zero attached hydrogens (tertiary/aromatic N) is 1. The zero-order valence-electron chi connectivity index (χ0n) is 23.7. The third-order valence-corrected chi connectivity index (χ3v) is 9.67. The van der Waals surface area contributed by atoms with E-state index in [0.717, 1.165) is 50.1 Å². The van der Waals surface area contributed by atoms with E-state index in [0.29, 0.717) is 34.4 Å². The van der Waals surface area contributed by atoms with Gasteiger partial charge in [-0.3, -0.25) is 9.59 Å². The van der Waals surface area contributed by atoms with Crippen molar-refractivity contribution in [2.24, 2.45) is 10.8 Å². The Balaban J connectivity index is 1.61. The van der Waals surface area contributed by atoms with Crippen LogP contribution in [0.2, 0.25) is 10.0 Å². The smallest absolute Gasteiger partial charge is 0.174 e. The van der Waals surface area contributed by atoms with Gasteiger partial charge < -0.3 is 14.4 Å². The molecule has 2 aliphatic carbocycles. The Bertz CT molecular complexity index is 1440. The fraction of sp³-hybridized carbons (Fsp3) is 0.438. The Hall–Kier alpha value is -2.03. The number of Topliss-reactive ketones (excluding diaryl/α,β-unsaturated/α-hetero) is 2. The summed E-state index contributed by atoms with van der Waals surface area (Å²) in [4.78, 5) is 29.8. The number of allylic oxidation sites excluding steroid dienone is 4. The van der Waals surface area contributed by atoms with Crippen LogP contribution < -0.4 is 9.47 Å². The summed E-state index contributed by atoms with van der Waals surface area (Å²) in [6.07, 6.45) is 2.48. The fourth-order valence-corrected chi connectivity index (χ4v) is 7.43. The van der Waals surface area contributed by atoms with E-state index in [2.05, 4.69) is 55.2 Å². The third kappa shape index (κ3) is 5.43. The van der Waals surface area contributed by atoms with Gasteiger partial charge in [0.25, 0.3) is 0 Å². The standard InChI is InChI=1S/C32H34Cl2INO4/c1-31(2)12-22-28(24(37)14-31)27(29-23(36(22)5)13-32(3,4)15-25(29)38)18-10-21(35)30(26(11-18)39-6)40-16-17-7-8-19(33)20(34)9-17/h7-11,27H,12-16H2,1-6H3. The predicted octanol–water partition coefficient (Wildman–Crippen LogP) is 8.50. The average molecular weight is 694 g/mol. The molecule has 0 fully saturated rings. The highest BCUT2D eigenvalue weighted by Crippen LogP contribution is 2.54. The number of carbonyl (C=O) groups is 2. The first-order chi connectivity index (χ1) is 18.7. The van der Waals surface area contributed by atoms with E-state index in [1.807, 2.05) is 25.2 Å². The highest BCUT2D eigenvalue weighted by atomic mass is 127. The van der Waals surface area contributed by atoms with Crippen LogP contribution in [0.15, 0.2) is 52.9 Å². The van der Waals surface area contributed by atoms with Crippen LogP contribution in [0.4, 0.5) is 0 Å². The molecular weight excluding hydrogens is 660 g/mol. The van der Waals surface area contributed by atoms with Crippen molar-refractivity contribution in [2.75, 3.05) is 14.2 Å². The monoisotopic (exact) mass is 693 g/mol. The highest BCUT2D eigenvalue weighted by Gasteiger charge is 2.48. The van der Waals surface area contributed by atoms with Crippen LogP contribution in [0.3, 0.4) is 0 Å². The van der Waals surface area contributed by atoms with Gasteiger partial charge in [-0.25, -0.2) is 0 Å². The Kier molecular flexibility index (Phi) is 7.86. The molecule has 0 bridgehead atoms. The number of methoxy groups -OCH3 is 1. The molecular formula is C32H34Cl2INO4. The molecule has 40 heavy (non-hydrogen) atoms. The number of ether oxygens (including phenoxy) is 2. The Morgan fingerprint density at radius 2 is 1.48 bits per heavy atom. The van der Waals surface area contributed by atoms with Crippen molar-refractivity contribution in [3.8, 4) is 11.5 Å². The van der Waals surface area contributed by atoms with E-state index >= 15 is 0 Å². The van der Waals surface area contributed by atoms with Crippen molar-refractivity contribution >= 4 is 57.4 Å². The molecule has 5 nitrogen and oxygen atoms in total. The molecule has 0 spiro atoms. The highest BCUT2D eigenvalue weighted by molar-refractivity contribution is 14.1. The zero-order valence-corrected chi connectivity index (χ0v) is 27.4. The van der Waals surface area contributed by atoms with Crippen molar-refractivity contribution < 1.29 is 19.1 Å². The number of benzene rings is 2. The van der Waals surface area contributed by atoms with Crippen LogP contribution >= 0.6 is 45.8 Å². The maximum Gasteiger partial charge on any atom is 0.174 e. The Morgan fingerprint density at radius 3 is 2.00 bits per heavy atom. The summed E-state index contributed by atoms with van der Waals surface area (Å²) in [5.41, 5.74) is 5.02. The molecule has 212 valence electrons. The molecule has 0 radical (unpaired) electrons. The molecule has 5 rings (SSSR count). The number of carbonyl (C=O) groups excluding carboxylic acids is 2. The molecule has 0 unspecified atom stereocenters. The SMILES string of the molecule is COc1cc(C2C3=C(CC(C)(C)CC3=O)N(C)C3=C2C(=O)CC(C)(C)C3)cc(I)c1OCc1ccc(Cl)c(Cl)c1. The number of hydrogen-bond acceptors (Lipinski definition) is 5. The minimum Gasteiger partial charge on any atom is -0.493 e. The van der Waals surface area contributed by atoms with Gasteiger partial charge in [0.15, 0.2) is 23.1 Å². The van der Waals surface area contributed by atoms with Gasteiger partial charge in [-0.2, -0.15) is 0 Å². The van der Waals surface area contributed by atoms with Crippen LogP contribution in [-0.2, 0) is 16.2 Å². The molecule has 1 heterocycles. The van der Waals surface area contributed by atoms with Crippen molar-refractivity contribution in [2.45, 2.75) is 65.9 Å². The van der Waals surface area contributed by atoms with E-state index in [1.54, 1.807) is 19.2 Å². The second-order valence-electron chi connectivity index (χ2n) is 12.7. The minimum absolute atomic E-state index is 0.112. The largest absolute Gasteiger partial charge is 0.493 e. The van der Waals surface area contributed by atoms with Gasteiger partial charge in [-0.1, -0.05) is 57.0 Å². The minimum atomic E-state index is -0.431. The van der Waals surface area contributed by atoms with E-state index in [-0.39, 0.29) is 29.0 Å². The van der Waals surface area contributed by atoms with Crippen molar-refractivity contribution in [3.63, 3.8) is 0 Å². The van der Waals surface area contributed by atoms with Gasteiger partial charge in [0.1, 0.15) is 6.61 Å². The molecule has 3 aliphatic rings. The zero-order chi connectivity index (χ0) is 29.1. The normalized spacial score (nSPS) is 20.5. The predicted molar refractivity (Wildman–Crippen MR) is 167 cm³/mol. The van der Waals surface area contributed by atoms with Gasteiger partial charge in [-0.15, -0.1) is 0 Å². The maximum atomic E-state index is 13.8. The van der Waals surface area contributed by atoms with Gasteiger partial charge in [0.05, 0.1) is 20.7 Å². The van der Waals surface area contributed by atoms with Crippen LogP contribution in [-0.4, -0.2) is 30.6 Å². The molecule has 2 aromatic carbocycles. The van der Waals surface area contributed by atoms with Crippen molar-refractivity contribution in [3.05, 3.63) is 77.6 Å². The number of rotatable bonds is 5. The molecule has 0 atom stereocenters. The summed E-state index contributed by atoms with van der Waals surface area (Å²) in [7, 11) is 3.63. The lowest BCUT2D eigenvalue weighted by molar-refractivity contribution is -0.119. The van der Waals surface area contributed by atoms with Crippen molar-refractivity contribution in [1.82, 2.24) is 4.90 Å². The van der Waals surface area contributed by atoms with Gasteiger partial charge in [0.2, 0.25) is 0 Å². The van der Waals surface area contributed by atoms with Crippen molar-refractivity contribution in [1.29, 1.82) is 0 Å². The number of hydrogen-bond donors (Lipinski definition) is 0. The second-order valence-corrected chi connectivity index (χ2v) is 14.6. The lowest BCUT2D eigenvalue weighted by Crippen LogP contribution is -2.43. The first-order valence-corrected chi connectivity index (χ1v) is 15.3. The summed E-state index contributed by atoms with van der Waals surface area (Å²) in [6, 6.07) is 9.35. The number of halogens is 3. The average Bonchev–Trinajstić information content (AvgIpc) is 2.85. The lowest BCUT2D eigenvalue weighted by Gasteiger charge is -2.48. The van der Waals surface area contributed by atoms with E-state index < -0.39 is 5.92 Å². The van der Waals surface area contributed by atoms with Crippen LogP contribution in [0.5, 0.6) is 11.5 Å². The summed E-state index contributed by atoms with van der Waals surface area (Å²) in [6.45, 7) is 8.85. The molecule has 8 heteroatoms. The van der Waals surface area contributed by atoms with Crippen LogP contribution in [0.25, 0.3) is 0 Å². The van der Waals surface area contributed by atoms with Gasteiger partial charge in [0, 0.05) is 48.3 Å². The maximum absolute atomic E-state index is 13.8. The topological polar surface area (TPSA) is 55.8 Å². The molecule has 0 saturated carbocycles. The molecule has 0 aromatic heterocycles. The third-order valence-electron chi connectivity index (χ3n) is 8.13. The van der Waals surface area contributed by atoms with E-state index in [9.17, 15) is 9.59 Å². The summed E-state index contributed by atoms with van der Waals surface area (Å²) < 4.78 is 12.9. The first kappa shape index (κ1) is 29.5. The van der Waals surface area contributed by atoms with E-state index in [4.69, 9.17) is 32.7 Å². The summed E-state index contributed by atoms with van der Waals surface area (Å²) >= 11 is 14.5. The van der Waals surface area contributed by atoms with Gasteiger partial charge >= 0.3 is 0 Å². The molecule has 1 aliphatic heterocycles. The number of ketones is 2. The Labute approximate surface area is 260 Å². The van der Waals surface area contributed by atoms with Crippen LogP contribution in [0.1, 0.15) is 70.4 Å². The van der Waals surface area contributed by atoms with Gasteiger partial charge in [-0.05, 0) is 81.7 Å². The van der Waals surface area contributed by atoms with Crippen LogP contribution in [0, 0.1) is 14.4 Å². The summed E-state index contributed by atoms with van der Waals surface area (Å²) in [5, 5.41) is 0.958. The lowest BCUT2D eigenvalue weighted by atomic mass is 9.64. The first-order valence-electron chi connectivity index (χ1n) is 13.4. The Morgan fingerprint density at radius 1 is 0.900 bits per heavy atom. The second kappa shape index (κ2) is 10.7. The fourth-order valence-electron chi connectivity index (χ4n) is 6.33. The molecule has 0 amide bonds. The molecule has 0 saturated heterocycles. The molecule has 0 N–H and O–H groups in total. The quantitative estimate of drug-likeness (QED) is 0.294.